The molecule has 5 rings (SSSR count). The number of amides is 1. The lowest BCUT2D eigenvalue weighted by Crippen LogP contribution is -2.32. The number of fused-ring (bicyclic) bond motifs is 2. The molecule has 37 heavy (non-hydrogen) atoms. The first kappa shape index (κ1) is 25.0. The van der Waals surface area contributed by atoms with Gasteiger partial charge in [0.05, 0.1) is 26.8 Å². The van der Waals surface area contributed by atoms with Crippen molar-refractivity contribution in [3.63, 3.8) is 0 Å². The van der Waals surface area contributed by atoms with E-state index in [9.17, 15) is 18.0 Å². The number of aromatic nitrogens is 3. The zero-order chi connectivity index (χ0) is 26.5. The van der Waals surface area contributed by atoms with Crippen LogP contribution in [0.4, 0.5) is 5.69 Å². The summed E-state index contributed by atoms with van der Waals surface area (Å²) < 4.78 is 30.4. The minimum atomic E-state index is -3.97. The molecule has 0 atom stereocenters. The molecule has 0 radical (unpaired) electrons. The molecule has 0 saturated carbocycles. The number of nitrogens with one attached hydrogen (secondary N) is 1. The Kier molecular flexibility index (Phi) is 6.33. The van der Waals surface area contributed by atoms with Crippen LogP contribution in [-0.4, -0.2) is 54.4 Å². The highest BCUT2D eigenvalue weighted by molar-refractivity contribution is 7.92. The number of pyridine rings is 1. The smallest absolute Gasteiger partial charge is 0.332 e. The molecular formula is C26H26ClN5O4S. The van der Waals surface area contributed by atoms with Crippen molar-refractivity contribution >= 4 is 44.4 Å². The van der Waals surface area contributed by atoms with Gasteiger partial charge in [0.1, 0.15) is 5.69 Å². The van der Waals surface area contributed by atoms with Crippen LogP contribution in [0.1, 0.15) is 34.5 Å². The number of aromatic amines is 1. The van der Waals surface area contributed by atoms with Crippen molar-refractivity contribution in [2.24, 2.45) is 0 Å². The van der Waals surface area contributed by atoms with Crippen LogP contribution >= 0.6 is 11.6 Å². The van der Waals surface area contributed by atoms with Crippen LogP contribution in [0, 0.1) is 6.92 Å². The third-order valence-corrected chi connectivity index (χ3v) is 8.66. The second-order valence-electron chi connectivity index (χ2n) is 9.26. The quantitative estimate of drug-likeness (QED) is 0.423. The molecule has 1 N–H and O–H groups in total. The number of imidazole rings is 1. The Morgan fingerprint density at radius 1 is 1.08 bits per heavy atom. The Hall–Kier alpha value is -3.63. The van der Waals surface area contributed by atoms with E-state index in [4.69, 9.17) is 11.6 Å². The standard InChI is InChI=1S/C26H26ClN5O4S/c1-16-14-20(25(33)30(2)3)28-24-23(16)29-26(34)32(24)22-15-18(11-12-19(22)27)37(35,36)31-13-7-6-9-17-8-4-5-10-21(17)31/h4-5,8,10-12,14-15H,6-7,9,13H2,1-3H3,(H,29,34). The minimum absolute atomic E-state index is 0.00194. The van der Waals surface area contributed by atoms with Gasteiger partial charge in [0, 0.05) is 20.6 Å². The summed E-state index contributed by atoms with van der Waals surface area (Å²) in [7, 11) is -0.746. The van der Waals surface area contributed by atoms with E-state index < -0.39 is 15.7 Å². The Morgan fingerprint density at radius 3 is 2.59 bits per heavy atom. The van der Waals surface area contributed by atoms with Gasteiger partial charge in [-0.1, -0.05) is 29.8 Å². The van der Waals surface area contributed by atoms with Gasteiger partial charge in [0.15, 0.2) is 5.65 Å². The van der Waals surface area contributed by atoms with Gasteiger partial charge in [0.2, 0.25) is 0 Å². The van der Waals surface area contributed by atoms with Crippen LogP contribution in [0.5, 0.6) is 0 Å². The number of halogens is 1. The monoisotopic (exact) mass is 539 g/mol. The first-order valence-electron chi connectivity index (χ1n) is 11.8. The van der Waals surface area contributed by atoms with Crippen molar-refractivity contribution in [2.45, 2.75) is 31.1 Å². The third-order valence-electron chi connectivity index (χ3n) is 6.53. The molecule has 0 saturated heterocycles. The third kappa shape index (κ3) is 4.30. The molecule has 9 nitrogen and oxygen atoms in total. The number of nitrogens with zero attached hydrogens (tertiary/aromatic N) is 4. The maximum Gasteiger partial charge on any atom is 0.332 e. The number of hydrogen-bond acceptors (Lipinski definition) is 5. The molecule has 0 unspecified atom stereocenters. The van der Waals surface area contributed by atoms with Crippen LogP contribution in [0.25, 0.3) is 16.9 Å². The van der Waals surface area contributed by atoms with Gasteiger partial charge in [-0.05, 0) is 67.6 Å². The first-order valence-corrected chi connectivity index (χ1v) is 13.7. The molecule has 1 amide bonds. The van der Waals surface area contributed by atoms with Gasteiger partial charge in [-0.2, -0.15) is 0 Å². The van der Waals surface area contributed by atoms with Crippen LogP contribution in [0.2, 0.25) is 5.02 Å². The van der Waals surface area contributed by atoms with Gasteiger partial charge in [-0.15, -0.1) is 0 Å². The molecule has 1 aliphatic heterocycles. The lowest BCUT2D eigenvalue weighted by Gasteiger charge is -2.25. The van der Waals surface area contributed by atoms with Gasteiger partial charge in [0.25, 0.3) is 15.9 Å². The number of carbonyl (C=O) groups excluding carboxylic acids is 1. The fourth-order valence-electron chi connectivity index (χ4n) is 4.65. The Bertz CT molecular complexity index is 1710. The van der Waals surface area contributed by atoms with Gasteiger partial charge >= 0.3 is 5.69 Å². The molecule has 1 aliphatic rings. The summed E-state index contributed by atoms with van der Waals surface area (Å²) in [6.07, 6.45) is 2.42. The maximum atomic E-state index is 13.9. The van der Waals surface area contributed by atoms with Crippen molar-refractivity contribution < 1.29 is 13.2 Å². The number of benzene rings is 2. The van der Waals surface area contributed by atoms with E-state index in [-0.39, 0.29) is 32.9 Å². The van der Waals surface area contributed by atoms with E-state index in [0.29, 0.717) is 23.3 Å². The molecule has 4 aromatic rings. The van der Waals surface area contributed by atoms with Crippen LogP contribution in [-0.2, 0) is 16.4 Å². The zero-order valence-corrected chi connectivity index (χ0v) is 22.2. The van der Waals surface area contributed by atoms with Crippen molar-refractivity contribution in [3.05, 3.63) is 80.9 Å². The summed E-state index contributed by atoms with van der Waals surface area (Å²) >= 11 is 6.51. The molecule has 0 bridgehead atoms. The van der Waals surface area contributed by atoms with E-state index in [2.05, 4.69) is 9.97 Å². The van der Waals surface area contributed by atoms with E-state index in [1.807, 2.05) is 24.3 Å². The average Bonchev–Trinajstić information content (AvgIpc) is 3.05. The van der Waals surface area contributed by atoms with Gasteiger partial charge in [-0.3, -0.25) is 9.10 Å². The van der Waals surface area contributed by atoms with Crippen molar-refractivity contribution in [2.75, 3.05) is 24.9 Å². The molecule has 2 aromatic heterocycles. The second kappa shape index (κ2) is 9.35. The van der Waals surface area contributed by atoms with Crippen LogP contribution in [0.3, 0.4) is 0 Å². The average molecular weight is 540 g/mol. The fourth-order valence-corrected chi connectivity index (χ4v) is 6.42. The molecule has 3 heterocycles. The number of sulfonamides is 1. The summed E-state index contributed by atoms with van der Waals surface area (Å²) in [4.78, 5) is 34.3. The summed E-state index contributed by atoms with van der Waals surface area (Å²) in [5.74, 6) is -0.326. The summed E-state index contributed by atoms with van der Waals surface area (Å²) in [6, 6.07) is 13.4. The maximum absolute atomic E-state index is 13.9. The second-order valence-corrected chi connectivity index (χ2v) is 11.5. The SMILES string of the molecule is Cc1cc(C(=O)N(C)C)nc2c1[nH]c(=O)n2-c1cc(S(=O)(=O)N2CCCCc3ccccc32)ccc1Cl. The van der Waals surface area contributed by atoms with E-state index in [1.165, 1.54) is 32.0 Å². The molecule has 0 fully saturated rings. The zero-order valence-electron chi connectivity index (χ0n) is 20.7. The number of rotatable bonds is 4. The number of anilines is 1. The number of carbonyl (C=O) groups is 1. The molecule has 2 aromatic carbocycles. The lowest BCUT2D eigenvalue weighted by molar-refractivity contribution is 0.0822. The van der Waals surface area contributed by atoms with Crippen LogP contribution < -0.4 is 9.99 Å². The Morgan fingerprint density at radius 2 is 1.84 bits per heavy atom. The summed E-state index contributed by atoms with van der Waals surface area (Å²) in [5.41, 5.74) is 2.67. The highest BCUT2D eigenvalue weighted by atomic mass is 35.5. The predicted octanol–water partition coefficient (Wildman–Crippen LogP) is 3.91. The van der Waals surface area contributed by atoms with Crippen molar-refractivity contribution in [1.82, 2.24) is 19.4 Å². The number of para-hydroxylation sites is 1. The lowest BCUT2D eigenvalue weighted by atomic mass is 10.1. The Labute approximate surface area is 219 Å². The topological polar surface area (TPSA) is 108 Å². The molecular weight excluding hydrogens is 514 g/mol. The van der Waals surface area contributed by atoms with Gasteiger partial charge < -0.3 is 9.88 Å². The normalized spacial score (nSPS) is 13.9. The fraction of sp³-hybridized carbons (Fsp3) is 0.269. The van der Waals surface area contributed by atoms with Crippen molar-refractivity contribution in [1.29, 1.82) is 0 Å². The summed E-state index contributed by atoms with van der Waals surface area (Å²) in [6.45, 7) is 2.11. The predicted molar refractivity (Wildman–Crippen MR) is 143 cm³/mol. The molecule has 0 spiro atoms. The van der Waals surface area contributed by atoms with Crippen molar-refractivity contribution in [3.8, 4) is 5.69 Å². The van der Waals surface area contributed by atoms with Gasteiger partial charge in [-0.25, -0.2) is 22.8 Å². The minimum Gasteiger partial charge on any atom is -0.343 e. The number of hydrogen-bond donors (Lipinski definition) is 1. The summed E-state index contributed by atoms with van der Waals surface area (Å²) in [5, 5.41) is 0.169. The first-order chi connectivity index (χ1) is 17.6. The molecule has 11 heteroatoms. The molecule has 0 aliphatic carbocycles. The Balaban J connectivity index is 1.69. The largest absolute Gasteiger partial charge is 0.343 e. The highest BCUT2D eigenvalue weighted by Crippen LogP contribution is 2.33. The van der Waals surface area contributed by atoms with E-state index in [0.717, 1.165) is 24.8 Å². The number of aryl methyl sites for hydroxylation is 2. The van der Waals surface area contributed by atoms with E-state index in [1.54, 1.807) is 27.1 Å². The molecule has 192 valence electrons. The highest BCUT2D eigenvalue weighted by Gasteiger charge is 2.29. The van der Waals surface area contributed by atoms with Crippen LogP contribution in [0.15, 0.2) is 58.2 Å². The van der Waals surface area contributed by atoms with E-state index >= 15 is 0 Å². The number of H-pyrrole nitrogens is 1.